The van der Waals surface area contributed by atoms with Gasteiger partial charge in [-0.3, -0.25) is 4.68 Å². The number of benzene rings is 1. The molecular formula is C15H20BrN3OS. The lowest BCUT2D eigenvalue weighted by Gasteiger charge is -2.19. The molecule has 1 N–H and O–H groups in total. The molecule has 1 unspecified atom stereocenters. The highest BCUT2D eigenvalue weighted by Gasteiger charge is 2.20. The Balaban J connectivity index is 2.16. The number of aryl methyl sites for hydroxylation is 1. The third-order valence-corrected chi connectivity index (χ3v) is 5.31. The lowest BCUT2D eigenvalue weighted by atomic mass is 10.2. The van der Waals surface area contributed by atoms with E-state index < -0.39 is 0 Å². The van der Waals surface area contributed by atoms with Gasteiger partial charge in [-0.2, -0.15) is 5.10 Å². The SMILES string of the molecule is CCNC(CSc1ccccc1Br)c1c(OC)cnn1C. The van der Waals surface area contributed by atoms with Gasteiger partial charge in [0.2, 0.25) is 0 Å². The summed E-state index contributed by atoms with van der Waals surface area (Å²) in [6, 6.07) is 8.46. The summed E-state index contributed by atoms with van der Waals surface area (Å²) in [4.78, 5) is 1.24. The minimum atomic E-state index is 0.189. The highest BCUT2D eigenvalue weighted by atomic mass is 79.9. The summed E-state index contributed by atoms with van der Waals surface area (Å²) < 4.78 is 8.44. The van der Waals surface area contributed by atoms with Crippen molar-refractivity contribution < 1.29 is 4.74 Å². The molecule has 2 rings (SSSR count). The van der Waals surface area contributed by atoms with Crippen molar-refractivity contribution in [3.63, 3.8) is 0 Å². The fourth-order valence-electron chi connectivity index (χ4n) is 2.20. The average molecular weight is 370 g/mol. The minimum absolute atomic E-state index is 0.189. The van der Waals surface area contributed by atoms with Crippen LogP contribution in [0, 0.1) is 0 Å². The zero-order chi connectivity index (χ0) is 15.2. The number of aromatic nitrogens is 2. The smallest absolute Gasteiger partial charge is 0.161 e. The summed E-state index contributed by atoms with van der Waals surface area (Å²) in [7, 11) is 3.63. The molecule has 0 aliphatic heterocycles. The number of rotatable bonds is 7. The van der Waals surface area contributed by atoms with E-state index in [0.717, 1.165) is 28.2 Å². The first-order valence-electron chi connectivity index (χ1n) is 6.84. The van der Waals surface area contributed by atoms with E-state index in [1.165, 1.54) is 4.90 Å². The molecule has 0 aliphatic rings. The molecule has 2 aromatic rings. The second kappa shape index (κ2) is 7.87. The predicted molar refractivity (Wildman–Crippen MR) is 91.0 cm³/mol. The summed E-state index contributed by atoms with van der Waals surface area (Å²) in [6.45, 7) is 3.01. The number of hydrogen-bond acceptors (Lipinski definition) is 4. The lowest BCUT2D eigenvalue weighted by Crippen LogP contribution is -2.25. The van der Waals surface area contributed by atoms with Gasteiger partial charge in [0.25, 0.3) is 0 Å². The summed E-state index contributed by atoms with van der Waals surface area (Å²) in [5.74, 6) is 1.74. The van der Waals surface area contributed by atoms with Crippen molar-refractivity contribution in [1.29, 1.82) is 0 Å². The van der Waals surface area contributed by atoms with Crippen LogP contribution in [0.25, 0.3) is 0 Å². The van der Waals surface area contributed by atoms with Crippen molar-refractivity contribution in [1.82, 2.24) is 15.1 Å². The Labute approximate surface area is 138 Å². The van der Waals surface area contributed by atoms with Crippen LogP contribution in [-0.2, 0) is 7.05 Å². The molecular weight excluding hydrogens is 350 g/mol. The molecule has 0 fully saturated rings. The van der Waals surface area contributed by atoms with Crippen LogP contribution in [0.15, 0.2) is 39.8 Å². The van der Waals surface area contributed by atoms with Gasteiger partial charge in [-0.1, -0.05) is 19.1 Å². The van der Waals surface area contributed by atoms with Gasteiger partial charge in [0.1, 0.15) is 0 Å². The van der Waals surface area contributed by atoms with Gasteiger partial charge in [-0.25, -0.2) is 0 Å². The summed E-state index contributed by atoms with van der Waals surface area (Å²) in [5, 5.41) is 7.81. The van der Waals surface area contributed by atoms with E-state index in [1.807, 2.05) is 29.6 Å². The number of halogens is 1. The van der Waals surface area contributed by atoms with Gasteiger partial charge >= 0.3 is 0 Å². The van der Waals surface area contributed by atoms with Crippen molar-refractivity contribution in [2.24, 2.45) is 7.05 Å². The molecule has 0 aliphatic carbocycles. The highest BCUT2D eigenvalue weighted by Crippen LogP contribution is 2.32. The molecule has 0 radical (unpaired) electrons. The lowest BCUT2D eigenvalue weighted by molar-refractivity contribution is 0.399. The van der Waals surface area contributed by atoms with E-state index in [9.17, 15) is 0 Å². The van der Waals surface area contributed by atoms with Crippen LogP contribution < -0.4 is 10.1 Å². The summed E-state index contributed by atoms with van der Waals surface area (Å²) in [6.07, 6.45) is 1.77. The fourth-order valence-corrected chi connectivity index (χ4v) is 3.83. The highest BCUT2D eigenvalue weighted by molar-refractivity contribution is 9.10. The molecule has 1 atom stereocenters. The zero-order valence-electron chi connectivity index (χ0n) is 12.5. The monoisotopic (exact) mass is 369 g/mol. The van der Waals surface area contributed by atoms with Crippen LogP contribution in [0.5, 0.6) is 5.75 Å². The number of methoxy groups -OCH3 is 1. The minimum Gasteiger partial charge on any atom is -0.493 e. The maximum Gasteiger partial charge on any atom is 0.161 e. The quantitative estimate of drug-likeness (QED) is 0.756. The zero-order valence-corrected chi connectivity index (χ0v) is 14.9. The van der Waals surface area contributed by atoms with Gasteiger partial charge in [0, 0.05) is 22.2 Å². The molecule has 4 nitrogen and oxygen atoms in total. The Morgan fingerprint density at radius 2 is 2.19 bits per heavy atom. The standard InChI is InChI=1S/C15H20BrN3OS/c1-4-17-12(15-13(20-3)9-18-19(15)2)10-21-14-8-6-5-7-11(14)16/h5-9,12,17H,4,10H2,1-3H3. The van der Waals surface area contributed by atoms with Crippen LogP contribution in [0.1, 0.15) is 18.7 Å². The second-order valence-electron chi connectivity index (χ2n) is 4.57. The molecule has 114 valence electrons. The van der Waals surface area contributed by atoms with Crippen LogP contribution in [-0.4, -0.2) is 29.2 Å². The summed E-state index contributed by atoms with van der Waals surface area (Å²) in [5.41, 5.74) is 1.08. The topological polar surface area (TPSA) is 39.1 Å². The van der Waals surface area contributed by atoms with E-state index in [0.29, 0.717) is 0 Å². The maximum absolute atomic E-state index is 5.43. The van der Waals surface area contributed by atoms with Gasteiger partial charge in [0.05, 0.1) is 25.0 Å². The van der Waals surface area contributed by atoms with Crippen LogP contribution in [0.2, 0.25) is 0 Å². The Hall–Kier alpha value is -0.980. The third-order valence-electron chi connectivity index (χ3n) is 3.19. The van der Waals surface area contributed by atoms with Gasteiger partial charge in [-0.15, -0.1) is 11.8 Å². The van der Waals surface area contributed by atoms with Crippen molar-refractivity contribution in [2.45, 2.75) is 17.9 Å². The van der Waals surface area contributed by atoms with E-state index in [-0.39, 0.29) is 6.04 Å². The largest absolute Gasteiger partial charge is 0.493 e. The number of ether oxygens (including phenoxy) is 1. The number of nitrogens with zero attached hydrogens (tertiary/aromatic N) is 2. The fraction of sp³-hybridized carbons (Fsp3) is 0.400. The van der Waals surface area contributed by atoms with Crippen molar-refractivity contribution in [2.75, 3.05) is 19.4 Å². The summed E-state index contributed by atoms with van der Waals surface area (Å²) >= 11 is 5.41. The van der Waals surface area contributed by atoms with Crippen molar-refractivity contribution in [3.05, 3.63) is 40.6 Å². The Bertz CT molecular complexity index is 588. The molecule has 0 saturated heterocycles. The molecule has 1 aromatic carbocycles. The molecule has 21 heavy (non-hydrogen) atoms. The van der Waals surface area contributed by atoms with Gasteiger partial charge < -0.3 is 10.1 Å². The maximum atomic E-state index is 5.43. The van der Waals surface area contributed by atoms with E-state index >= 15 is 0 Å². The van der Waals surface area contributed by atoms with Crippen molar-refractivity contribution in [3.8, 4) is 5.75 Å². The molecule has 1 heterocycles. The van der Waals surface area contributed by atoms with Crippen LogP contribution in [0.3, 0.4) is 0 Å². The van der Waals surface area contributed by atoms with E-state index in [4.69, 9.17) is 4.74 Å². The molecule has 0 spiro atoms. The molecule has 0 bridgehead atoms. The predicted octanol–water partition coefficient (Wildman–Crippen LogP) is 3.63. The van der Waals surface area contributed by atoms with E-state index in [2.05, 4.69) is 51.5 Å². The second-order valence-corrected chi connectivity index (χ2v) is 6.49. The number of nitrogens with one attached hydrogen (secondary N) is 1. The Morgan fingerprint density at radius 3 is 2.86 bits per heavy atom. The van der Waals surface area contributed by atoms with E-state index in [1.54, 1.807) is 13.3 Å². The number of hydrogen-bond donors (Lipinski definition) is 1. The van der Waals surface area contributed by atoms with Crippen molar-refractivity contribution >= 4 is 27.7 Å². The molecule has 6 heteroatoms. The first-order valence-corrected chi connectivity index (χ1v) is 8.61. The Morgan fingerprint density at radius 1 is 1.43 bits per heavy atom. The normalized spacial score (nSPS) is 12.4. The van der Waals surface area contributed by atoms with Gasteiger partial charge in [0.15, 0.2) is 5.75 Å². The Kier molecular flexibility index (Phi) is 6.14. The van der Waals surface area contributed by atoms with Gasteiger partial charge in [-0.05, 0) is 34.6 Å². The molecule has 1 aromatic heterocycles. The van der Waals surface area contributed by atoms with Crippen LogP contribution in [0.4, 0.5) is 0 Å². The molecule has 0 amide bonds. The first kappa shape index (κ1) is 16.4. The van der Waals surface area contributed by atoms with Crippen LogP contribution >= 0.6 is 27.7 Å². The molecule has 0 saturated carbocycles. The first-order chi connectivity index (χ1) is 10.2. The number of thioether (sulfide) groups is 1. The average Bonchev–Trinajstić information content (AvgIpc) is 2.86. The third kappa shape index (κ3) is 4.02.